The largest absolute Gasteiger partial charge is 0.465 e. The Labute approximate surface area is 179 Å². The Morgan fingerprint density at radius 2 is 1.69 bits per heavy atom. The molecule has 29 heavy (non-hydrogen) atoms. The first-order chi connectivity index (χ1) is 13.9. The van der Waals surface area contributed by atoms with Gasteiger partial charge < -0.3 is 10.1 Å². The van der Waals surface area contributed by atoms with Crippen molar-refractivity contribution in [3.63, 3.8) is 0 Å². The van der Waals surface area contributed by atoms with Crippen LogP contribution < -0.4 is 5.32 Å². The second-order valence-corrected chi connectivity index (χ2v) is 8.77. The van der Waals surface area contributed by atoms with Crippen LogP contribution in [0.1, 0.15) is 36.7 Å². The van der Waals surface area contributed by atoms with Gasteiger partial charge in [0.2, 0.25) is 0 Å². The van der Waals surface area contributed by atoms with Crippen LogP contribution in [-0.2, 0) is 10.5 Å². The molecule has 1 heterocycles. The molecule has 0 radical (unpaired) electrons. The van der Waals surface area contributed by atoms with Crippen LogP contribution in [-0.4, -0.2) is 25.2 Å². The SMILES string of the molecule is COC(=O)c1c(NC(=O)c2ccc(CSC)cc2)sc(C)c1-c1ccc(C)cc1. The number of carbonyl (C=O) groups excluding carboxylic acids is 2. The van der Waals surface area contributed by atoms with Gasteiger partial charge in [-0.05, 0) is 43.4 Å². The summed E-state index contributed by atoms with van der Waals surface area (Å²) in [6.45, 7) is 3.96. The van der Waals surface area contributed by atoms with Crippen LogP contribution in [0.3, 0.4) is 0 Å². The molecule has 1 N–H and O–H groups in total. The molecule has 3 rings (SSSR count). The Hall–Kier alpha value is -2.57. The molecular weight excluding hydrogens is 402 g/mol. The number of hydrogen-bond acceptors (Lipinski definition) is 5. The number of anilines is 1. The predicted octanol–water partition coefficient (Wildman–Crippen LogP) is 5.93. The number of methoxy groups -OCH3 is 1. The van der Waals surface area contributed by atoms with E-state index < -0.39 is 5.97 Å². The second-order valence-electron chi connectivity index (χ2n) is 6.68. The highest BCUT2D eigenvalue weighted by Crippen LogP contribution is 2.40. The number of benzene rings is 2. The normalized spacial score (nSPS) is 10.6. The molecular formula is C23H23NO3S2. The predicted molar refractivity (Wildman–Crippen MR) is 122 cm³/mol. The molecule has 4 nitrogen and oxygen atoms in total. The molecule has 0 atom stereocenters. The summed E-state index contributed by atoms with van der Waals surface area (Å²) in [6, 6.07) is 15.5. The first-order valence-electron chi connectivity index (χ1n) is 9.12. The zero-order chi connectivity index (χ0) is 21.0. The number of aryl methyl sites for hydroxylation is 2. The van der Waals surface area contributed by atoms with E-state index in [1.165, 1.54) is 18.4 Å². The fourth-order valence-corrected chi connectivity index (χ4v) is 4.68. The highest BCUT2D eigenvalue weighted by molar-refractivity contribution is 7.97. The topological polar surface area (TPSA) is 55.4 Å². The van der Waals surface area contributed by atoms with Gasteiger partial charge in [0.15, 0.2) is 0 Å². The van der Waals surface area contributed by atoms with Crippen molar-refractivity contribution in [1.82, 2.24) is 0 Å². The maximum atomic E-state index is 12.8. The van der Waals surface area contributed by atoms with Crippen LogP contribution in [0.5, 0.6) is 0 Å². The fraction of sp³-hybridized carbons (Fsp3) is 0.217. The van der Waals surface area contributed by atoms with Crippen molar-refractivity contribution in [2.24, 2.45) is 0 Å². The average molecular weight is 426 g/mol. The number of thioether (sulfide) groups is 1. The Balaban J connectivity index is 1.96. The monoisotopic (exact) mass is 425 g/mol. The highest BCUT2D eigenvalue weighted by Gasteiger charge is 2.25. The van der Waals surface area contributed by atoms with Gasteiger partial charge in [-0.1, -0.05) is 42.0 Å². The van der Waals surface area contributed by atoms with Gasteiger partial charge in [-0.3, -0.25) is 4.79 Å². The lowest BCUT2D eigenvalue weighted by Crippen LogP contribution is -2.14. The molecule has 0 aliphatic heterocycles. The molecule has 0 unspecified atom stereocenters. The second kappa shape index (κ2) is 9.29. The smallest absolute Gasteiger partial charge is 0.341 e. The zero-order valence-corrected chi connectivity index (χ0v) is 18.5. The molecule has 1 amide bonds. The van der Waals surface area contributed by atoms with E-state index in [9.17, 15) is 9.59 Å². The van der Waals surface area contributed by atoms with Crippen molar-refractivity contribution in [3.8, 4) is 11.1 Å². The van der Waals surface area contributed by atoms with E-state index in [2.05, 4.69) is 5.32 Å². The van der Waals surface area contributed by atoms with Crippen molar-refractivity contribution in [3.05, 3.63) is 75.7 Å². The van der Waals surface area contributed by atoms with Crippen molar-refractivity contribution in [2.75, 3.05) is 18.7 Å². The van der Waals surface area contributed by atoms with E-state index in [0.717, 1.165) is 32.9 Å². The Morgan fingerprint density at radius 3 is 2.28 bits per heavy atom. The van der Waals surface area contributed by atoms with Crippen LogP contribution >= 0.6 is 23.1 Å². The number of rotatable bonds is 6. The quantitative estimate of drug-likeness (QED) is 0.497. The summed E-state index contributed by atoms with van der Waals surface area (Å²) in [5.74, 6) is 0.191. The summed E-state index contributed by atoms with van der Waals surface area (Å²) in [4.78, 5) is 26.3. The molecule has 0 aliphatic rings. The highest BCUT2D eigenvalue weighted by atomic mass is 32.2. The fourth-order valence-electron chi connectivity index (χ4n) is 3.09. The molecule has 0 bridgehead atoms. The maximum absolute atomic E-state index is 12.8. The van der Waals surface area contributed by atoms with Crippen molar-refractivity contribution >= 4 is 40.0 Å². The summed E-state index contributed by atoms with van der Waals surface area (Å²) in [5, 5.41) is 3.41. The molecule has 0 spiro atoms. The molecule has 2 aromatic carbocycles. The van der Waals surface area contributed by atoms with Gasteiger partial charge in [-0.15, -0.1) is 11.3 Å². The third-order valence-electron chi connectivity index (χ3n) is 4.57. The Kier molecular flexibility index (Phi) is 6.77. The number of thiophene rings is 1. The average Bonchev–Trinajstić information content (AvgIpc) is 3.04. The number of carbonyl (C=O) groups is 2. The summed E-state index contributed by atoms with van der Waals surface area (Å²) in [5.41, 5.74) is 4.97. The lowest BCUT2D eigenvalue weighted by molar-refractivity contribution is 0.0603. The van der Waals surface area contributed by atoms with Crippen LogP contribution in [0, 0.1) is 13.8 Å². The van der Waals surface area contributed by atoms with Crippen molar-refractivity contribution in [2.45, 2.75) is 19.6 Å². The van der Waals surface area contributed by atoms with Gasteiger partial charge in [0.25, 0.3) is 5.91 Å². The first-order valence-corrected chi connectivity index (χ1v) is 11.3. The van der Waals surface area contributed by atoms with E-state index in [4.69, 9.17) is 4.74 Å². The summed E-state index contributed by atoms with van der Waals surface area (Å²) >= 11 is 3.11. The van der Waals surface area contributed by atoms with E-state index in [1.807, 2.05) is 56.5 Å². The lowest BCUT2D eigenvalue weighted by atomic mass is 10.0. The minimum absolute atomic E-state index is 0.248. The van der Waals surface area contributed by atoms with E-state index in [0.29, 0.717) is 16.1 Å². The molecule has 0 saturated carbocycles. The van der Waals surface area contributed by atoms with E-state index >= 15 is 0 Å². The van der Waals surface area contributed by atoms with Crippen molar-refractivity contribution in [1.29, 1.82) is 0 Å². The van der Waals surface area contributed by atoms with Gasteiger partial charge in [0, 0.05) is 21.8 Å². The molecule has 0 fully saturated rings. The lowest BCUT2D eigenvalue weighted by Gasteiger charge is -2.09. The molecule has 1 aromatic heterocycles. The molecule has 6 heteroatoms. The number of amides is 1. The molecule has 0 saturated heterocycles. The Morgan fingerprint density at radius 1 is 1.03 bits per heavy atom. The number of hydrogen-bond donors (Lipinski definition) is 1. The van der Waals surface area contributed by atoms with Crippen molar-refractivity contribution < 1.29 is 14.3 Å². The van der Waals surface area contributed by atoms with E-state index in [-0.39, 0.29) is 5.91 Å². The minimum Gasteiger partial charge on any atom is -0.465 e. The van der Waals surface area contributed by atoms with Crippen LogP contribution in [0.25, 0.3) is 11.1 Å². The van der Waals surface area contributed by atoms with Gasteiger partial charge in [-0.25, -0.2) is 4.79 Å². The van der Waals surface area contributed by atoms with Gasteiger partial charge in [0.05, 0.1) is 7.11 Å². The van der Waals surface area contributed by atoms with Gasteiger partial charge in [-0.2, -0.15) is 11.8 Å². The van der Waals surface area contributed by atoms with E-state index in [1.54, 1.807) is 23.9 Å². The summed E-state index contributed by atoms with van der Waals surface area (Å²) in [7, 11) is 1.35. The maximum Gasteiger partial charge on any atom is 0.341 e. The van der Waals surface area contributed by atoms with Gasteiger partial charge >= 0.3 is 5.97 Å². The first kappa shape index (κ1) is 21.1. The number of ether oxygens (including phenoxy) is 1. The summed E-state index contributed by atoms with van der Waals surface area (Å²) < 4.78 is 5.02. The minimum atomic E-state index is -0.462. The third kappa shape index (κ3) is 4.71. The number of nitrogens with one attached hydrogen (secondary N) is 1. The molecule has 150 valence electrons. The number of esters is 1. The zero-order valence-electron chi connectivity index (χ0n) is 16.9. The van der Waals surface area contributed by atoms with Crippen LogP contribution in [0.15, 0.2) is 48.5 Å². The van der Waals surface area contributed by atoms with Crippen LogP contribution in [0.2, 0.25) is 0 Å². The standard InChI is InChI=1S/C23H23NO3S2/c1-14-5-9-17(10-6-14)19-15(2)29-22(20(19)23(26)27-3)24-21(25)18-11-7-16(8-12-18)13-28-4/h5-12H,13H2,1-4H3,(H,24,25). The third-order valence-corrected chi connectivity index (χ3v) is 6.21. The Bertz CT molecular complexity index is 1020. The van der Waals surface area contributed by atoms with Crippen LogP contribution in [0.4, 0.5) is 5.00 Å². The molecule has 3 aromatic rings. The van der Waals surface area contributed by atoms with Gasteiger partial charge in [0.1, 0.15) is 10.6 Å². The summed E-state index contributed by atoms with van der Waals surface area (Å²) in [6.07, 6.45) is 2.04. The molecule has 0 aliphatic carbocycles.